The van der Waals surface area contributed by atoms with Gasteiger partial charge in [0.15, 0.2) is 0 Å². The molecular weight excluding hydrogens is 136 g/mol. The highest BCUT2D eigenvalue weighted by atomic mass is 16.5. The third-order valence-electron chi connectivity index (χ3n) is 3.47. The first-order valence-corrected chi connectivity index (χ1v) is 4.84. The molecule has 1 heterocycles. The molecule has 2 unspecified atom stereocenters. The summed E-state index contributed by atoms with van der Waals surface area (Å²) in [5.74, 6) is 1.75. The van der Waals surface area contributed by atoms with E-state index in [1.54, 1.807) is 0 Å². The smallest absolute Gasteiger partial charge is 0.0658 e. The summed E-state index contributed by atoms with van der Waals surface area (Å²) < 4.78 is 5.79. The second-order valence-electron chi connectivity index (χ2n) is 4.57. The quantitative estimate of drug-likeness (QED) is 0.521. The molecule has 1 saturated carbocycles. The fourth-order valence-corrected chi connectivity index (χ4v) is 2.75. The van der Waals surface area contributed by atoms with E-state index in [2.05, 4.69) is 13.8 Å². The molecule has 0 aromatic heterocycles. The maximum Gasteiger partial charge on any atom is 0.0658 e. The molecule has 64 valence electrons. The minimum Gasteiger partial charge on any atom is -0.375 e. The van der Waals surface area contributed by atoms with E-state index in [0.717, 1.165) is 18.4 Å². The van der Waals surface area contributed by atoms with E-state index in [-0.39, 0.29) is 5.60 Å². The van der Waals surface area contributed by atoms with Gasteiger partial charge in [-0.15, -0.1) is 0 Å². The summed E-state index contributed by atoms with van der Waals surface area (Å²) in [5.41, 5.74) is 0.186. The average molecular weight is 154 g/mol. The average Bonchev–Trinajstić information content (AvgIpc) is 2.29. The van der Waals surface area contributed by atoms with Crippen LogP contribution in [0.4, 0.5) is 0 Å². The Morgan fingerprint density at radius 3 is 2.64 bits per heavy atom. The summed E-state index contributed by atoms with van der Waals surface area (Å²) in [4.78, 5) is 0. The van der Waals surface area contributed by atoms with E-state index in [4.69, 9.17) is 4.74 Å². The summed E-state index contributed by atoms with van der Waals surface area (Å²) in [6.45, 7) is 5.53. The zero-order chi connectivity index (χ0) is 7.90. The van der Waals surface area contributed by atoms with E-state index in [1.807, 2.05) is 0 Å². The molecule has 2 fully saturated rings. The van der Waals surface area contributed by atoms with Crippen molar-refractivity contribution in [2.75, 3.05) is 6.61 Å². The Morgan fingerprint density at radius 1 is 1.18 bits per heavy atom. The van der Waals surface area contributed by atoms with Gasteiger partial charge in [-0.3, -0.25) is 0 Å². The van der Waals surface area contributed by atoms with Gasteiger partial charge in [0.05, 0.1) is 12.2 Å². The minimum atomic E-state index is 0.186. The lowest BCUT2D eigenvalue weighted by Gasteiger charge is -2.31. The maximum absolute atomic E-state index is 5.79. The number of rotatable bonds is 0. The van der Waals surface area contributed by atoms with Crippen LogP contribution < -0.4 is 0 Å². The molecule has 0 bridgehead atoms. The normalized spacial score (nSPS) is 42.0. The Balaban J connectivity index is 2.10. The first kappa shape index (κ1) is 7.60. The lowest BCUT2D eigenvalue weighted by atomic mass is 9.74. The fourth-order valence-electron chi connectivity index (χ4n) is 2.75. The van der Waals surface area contributed by atoms with Crippen molar-refractivity contribution >= 4 is 0 Å². The maximum atomic E-state index is 5.79. The summed E-state index contributed by atoms with van der Waals surface area (Å²) in [6, 6.07) is 0. The molecule has 0 amide bonds. The Bertz CT molecular complexity index is 151. The standard InChI is InChI=1S/C10H18O/c1-10(2)9-6-4-3-5-8(9)7-11-10/h8-9H,3-7H2,1-2H3. The molecule has 1 nitrogen and oxygen atoms in total. The molecule has 1 aliphatic carbocycles. The van der Waals surface area contributed by atoms with Gasteiger partial charge in [-0.2, -0.15) is 0 Å². The van der Waals surface area contributed by atoms with Crippen LogP contribution in [0, 0.1) is 11.8 Å². The monoisotopic (exact) mass is 154 g/mol. The highest BCUT2D eigenvalue weighted by Crippen LogP contribution is 2.44. The van der Waals surface area contributed by atoms with Crippen LogP contribution in [-0.4, -0.2) is 12.2 Å². The second-order valence-corrected chi connectivity index (χ2v) is 4.57. The van der Waals surface area contributed by atoms with E-state index in [9.17, 15) is 0 Å². The van der Waals surface area contributed by atoms with Crippen molar-refractivity contribution in [1.29, 1.82) is 0 Å². The zero-order valence-electron chi connectivity index (χ0n) is 7.60. The third kappa shape index (κ3) is 1.20. The lowest BCUT2D eigenvalue weighted by molar-refractivity contribution is 0.00847. The van der Waals surface area contributed by atoms with E-state index in [1.165, 1.54) is 25.7 Å². The van der Waals surface area contributed by atoms with Crippen LogP contribution >= 0.6 is 0 Å². The molecule has 1 heteroatoms. The molecule has 0 radical (unpaired) electrons. The van der Waals surface area contributed by atoms with Crippen LogP contribution in [-0.2, 0) is 4.74 Å². The Morgan fingerprint density at radius 2 is 1.91 bits per heavy atom. The zero-order valence-corrected chi connectivity index (χ0v) is 7.60. The molecule has 0 aromatic rings. The van der Waals surface area contributed by atoms with Gasteiger partial charge < -0.3 is 4.74 Å². The second kappa shape index (κ2) is 2.48. The molecule has 0 N–H and O–H groups in total. The lowest BCUT2D eigenvalue weighted by Crippen LogP contribution is -2.31. The van der Waals surface area contributed by atoms with Crippen LogP contribution in [0.25, 0.3) is 0 Å². The van der Waals surface area contributed by atoms with Crippen LogP contribution in [0.3, 0.4) is 0 Å². The van der Waals surface area contributed by atoms with Gasteiger partial charge in [-0.25, -0.2) is 0 Å². The van der Waals surface area contributed by atoms with Crippen LogP contribution in [0.5, 0.6) is 0 Å². The Kier molecular flexibility index (Phi) is 1.71. The Labute approximate surface area is 69.1 Å². The molecule has 0 aromatic carbocycles. The van der Waals surface area contributed by atoms with Crippen LogP contribution in [0.2, 0.25) is 0 Å². The summed E-state index contributed by atoms with van der Waals surface area (Å²) in [6.07, 6.45) is 5.67. The molecule has 2 atom stereocenters. The molecule has 2 rings (SSSR count). The van der Waals surface area contributed by atoms with Gasteiger partial charge in [0, 0.05) is 0 Å². The first-order chi connectivity index (χ1) is 5.20. The number of hydrogen-bond donors (Lipinski definition) is 0. The highest BCUT2D eigenvalue weighted by Gasteiger charge is 2.43. The predicted molar refractivity (Wildman–Crippen MR) is 45.5 cm³/mol. The molecule has 0 spiro atoms. The summed E-state index contributed by atoms with van der Waals surface area (Å²) in [5, 5.41) is 0. The third-order valence-corrected chi connectivity index (χ3v) is 3.47. The first-order valence-electron chi connectivity index (χ1n) is 4.84. The van der Waals surface area contributed by atoms with Crippen molar-refractivity contribution in [2.24, 2.45) is 11.8 Å². The van der Waals surface area contributed by atoms with Crippen molar-refractivity contribution < 1.29 is 4.74 Å². The largest absolute Gasteiger partial charge is 0.375 e. The molecule has 1 aliphatic heterocycles. The van der Waals surface area contributed by atoms with Crippen molar-refractivity contribution in [1.82, 2.24) is 0 Å². The van der Waals surface area contributed by atoms with E-state index >= 15 is 0 Å². The number of fused-ring (bicyclic) bond motifs is 1. The van der Waals surface area contributed by atoms with Gasteiger partial charge in [-0.05, 0) is 38.5 Å². The number of hydrogen-bond acceptors (Lipinski definition) is 1. The van der Waals surface area contributed by atoms with Crippen molar-refractivity contribution in [3.8, 4) is 0 Å². The molecule has 11 heavy (non-hydrogen) atoms. The van der Waals surface area contributed by atoms with Crippen molar-refractivity contribution in [2.45, 2.75) is 45.1 Å². The summed E-state index contributed by atoms with van der Waals surface area (Å²) in [7, 11) is 0. The van der Waals surface area contributed by atoms with Gasteiger partial charge >= 0.3 is 0 Å². The summed E-state index contributed by atoms with van der Waals surface area (Å²) >= 11 is 0. The van der Waals surface area contributed by atoms with Crippen LogP contribution in [0.1, 0.15) is 39.5 Å². The van der Waals surface area contributed by atoms with Crippen molar-refractivity contribution in [3.63, 3.8) is 0 Å². The Hall–Kier alpha value is -0.0400. The van der Waals surface area contributed by atoms with E-state index < -0.39 is 0 Å². The van der Waals surface area contributed by atoms with Crippen molar-refractivity contribution in [3.05, 3.63) is 0 Å². The minimum absolute atomic E-state index is 0.186. The molecular formula is C10H18O. The highest BCUT2D eigenvalue weighted by molar-refractivity contribution is 4.92. The number of ether oxygens (including phenoxy) is 1. The topological polar surface area (TPSA) is 9.23 Å². The molecule has 2 aliphatic rings. The van der Waals surface area contributed by atoms with Gasteiger partial charge in [0.25, 0.3) is 0 Å². The van der Waals surface area contributed by atoms with E-state index in [0.29, 0.717) is 0 Å². The fraction of sp³-hybridized carbons (Fsp3) is 1.00. The molecule has 1 saturated heterocycles. The van der Waals surface area contributed by atoms with Gasteiger partial charge in [0.1, 0.15) is 0 Å². The predicted octanol–water partition coefficient (Wildman–Crippen LogP) is 2.60. The van der Waals surface area contributed by atoms with Gasteiger partial charge in [-0.1, -0.05) is 12.8 Å². The SMILES string of the molecule is CC1(C)OCC2CCCCC21. The van der Waals surface area contributed by atoms with Gasteiger partial charge in [0.2, 0.25) is 0 Å². The van der Waals surface area contributed by atoms with Crippen LogP contribution in [0.15, 0.2) is 0 Å².